The van der Waals surface area contributed by atoms with Crippen LogP contribution in [0.25, 0.3) is 0 Å². The number of halogens is 3. The number of alkyl halides is 3. The van der Waals surface area contributed by atoms with Crippen molar-refractivity contribution in [2.75, 3.05) is 48.3 Å². The third-order valence-electron chi connectivity index (χ3n) is 4.24. The zero-order valence-electron chi connectivity index (χ0n) is 14.8. The predicted octanol–water partition coefficient (Wildman–Crippen LogP) is 2.10. The number of thioether (sulfide) groups is 1. The maximum Gasteiger partial charge on any atom is 0.416 e. The maximum absolute atomic E-state index is 12.9. The van der Waals surface area contributed by atoms with Crippen molar-refractivity contribution in [3.05, 3.63) is 35.9 Å². The molecule has 1 saturated heterocycles. The molecule has 0 saturated carbocycles. The molecule has 1 amide bonds. The number of nitrogens with zero attached hydrogens (tertiary/aromatic N) is 4. The fraction of sp³-hybridized carbons (Fsp3) is 0.353. The molecular weight excluding hydrogens is 393 g/mol. The number of carbonyl (C=O) groups excluding carboxylic acids is 1. The van der Waals surface area contributed by atoms with Gasteiger partial charge in [0.1, 0.15) is 11.6 Å². The summed E-state index contributed by atoms with van der Waals surface area (Å²) < 4.78 is 38.6. The summed E-state index contributed by atoms with van der Waals surface area (Å²) in [4.78, 5) is 23.9. The topological polar surface area (TPSA) is 101 Å². The minimum absolute atomic E-state index is 0.0988. The van der Waals surface area contributed by atoms with E-state index in [1.807, 2.05) is 4.90 Å². The normalized spacial score (nSPS) is 15.0. The Labute approximate surface area is 163 Å². The summed E-state index contributed by atoms with van der Waals surface area (Å²) in [5, 5.41) is 0.327. The SMILES string of the molecule is Nc1cc(N)nc(SCC(=O)N2CCN(c3cccc(C(F)(F)F)c3)CC2)n1. The average Bonchev–Trinajstić information content (AvgIpc) is 2.65. The minimum Gasteiger partial charge on any atom is -0.383 e. The van der Waals surface area contributed by atoms with Crippen LogP contribution in [0.1, 0.15) is 5.56 Å². The van der Waals surface area contributed by atoms with E-state index in [2.05, 4.69) is 9.97 Å². The predicted molar refractivity (Wildman–Crippen MR) is 102 cm³/mol. The number of benzene rings is 1. The highest BCUT2D eigenvalue weighted by Gasteiger charge is 2.31. The second-order valence-electron chi connectivity index (χ2n) is 6.20. The van der Waals surface area contributed by atoms with E-state index in [9.17, 15) is 18.0 Å². The van der Waals surface area contributed by atoms with E-state index in [-0.39, 0.29) is 23.3 Å². The summed E-state index contributed by atoms with van der Waals surface area (Å²) in [7, 11) is 0. The van der Waals surface area contributed by atoms with Gasteiger partial charge in [-0.25, -0.2) is 9.97 Å². The van der Waals surface area contributed by atoms with Crippen molar-refractivity contribution >= 4 is 35.0 Å². The fourth-order valence-electron chi connectivity index (χ4n) is 2.84. The van der Waals surface area contributed by atoms with Crippen molar-refractivity contribution in [2.24, 2.45) is 0 Å². The van der Waals surface area contributed by atoms with Crippen molar-refractivity contribution in [2.45, 2.75) is 11.3 Å². The first-order chi connectivity index (χ1) is 13.2. The second-order valence-corrected chi connectivity index (χ2v) is 7.15. The number of piperazine rings is 1. The Hall–Kier alpha value is -2.69. The number of hydrogen-bond donors (Lipinski definition) is 2. The number of aromatic nitrogens is 2. The highest BCUT2D eigenvalue weighted by Crippen LogP contribution is 2.32. The van der Waals surface area contributed by atoms with E-state index < -0.39 is 11.7 Å². The molecule has 1 aliphatic heterocycles. The van der Waals surface area contributed by atoms with Crippen molar-refractivity contribution in [1.29, 1.82) is 0 Å². The van der Waals surface area contributed by atoms with Crippen LogP contribution in [0.15, 0.2) is 35.5 Å². The van der Waals surface area contributed by atoms with Crippen LogP contribution in [0.3, 0.4) is 0 Å². The molecule has 3 rings (SSSR count). The second kappa shape index (κ2) is 8.13. The van der Waals surface area contributed by atoms with Gasteiger partial charge in [0.15, 0.2) is 5.16 Å². The van der Waals surface area contributed by atoms with Gasteiger partial charge in [-0.1, -0.05) is 17.8 Å². The van der Waals surface area contributed by atoms with Gasteiger partial charge in [0.25, 0.3) is 0 Å². The fourth-order valence-corrected chi connectivity index (χ4v) is 3.61. The van der Waals surface area contributed by atoms with E-state index in [1.165, 1.54) is 12.1 Å². The number of amides is 1. The summed E-state index contributed by atoms with van der Waals surface area (Å²) >= 11 is 1.14. The molecule has 1 aliphatic rings. The quantitative estimate of drug-likeness (QED) is 0.586. The first-order valence-corrected chi connectivity index (χ1v) is 9.44. The average molecular weight is 412 g/mol. The summed E-state index contributed by atoms with van der Waals surface area (Å²) in [6.45, 7) is 1.77. The van der Waals surface area contributed by atoms with Crippen LogP contribution < -0.4 is 16.4 Å². The minimum atomic E-state index is -4.38. The van der Waals surface area contributed by atoms with Gasteiger partial charge in [0.05, 0.1) is 11.3 Å². The molecule has 0 radical (unpaired) electrons. The highest BCUT2D eigenvalue weighted by molar-refractivity contribution is 7.99. The molecule has 0 bridgehead atoms. The molecule has 4 N–H and O–H groups in total. The van der Waals surface area contributed by atoms with E-state index in [4.69, 9.17) is 11.5 Å². The van der Waals surface area contributed by atoms with E-state index in [1.54, 1.807) is 11.0 Å². The van der Waals surface area contributed by atoms with Crippen molar-refractivity contribution < 1.29 is 18.0 Å². The monoisotopic (exact) mass is 412 g/mol. The van der Waals surface area contributed by atoms with Crippen LogP contribution in [0.5, 0.6) is 0 Å². The lowest BCUT2D eigenvalue weighted by Gasteiger charge is -2.36. The maximum atomic E-state index is 12.9. The number of anilines is 3. The smallest absolute Gasteiger partial charge is 0.383 e. The molecule has 1 aromatic carbocycles. The molecule has 150 valence electrons. The lowest BCUT2D eigenvalue weighted by atomic mass is 10.1. The Balaban J connectivity index is 1.54. The van der Waals surface area contributed by atoms with E-state index in [0.717, 1.165) is 23.9 Å². The highest BCUT2D eigenvalue weighted by atomic mass is 32.2. The molecular formula is C17H19F3N6OS. The Morgan fingerprint density at radius 1 is 1.07 bits per heavy atom. The van der Waals surface area contributed by atoms with Gasteiger partial charge in [-0.15, -0.1) is 0 Å². The summed E-state index contributed by atoms with van der Waals surface area (Å²) in [6, 6.07) is 6.65. The number of nitrogens with two attached hydrogens (primary N) is 2. The Bertz CT molecular complexity index is 835. The number of carbonyl (C=O) groups is 1. The third-order valence-corrected chi connectivity index (χ3v) is 5.07. The lowest BCUT2D eigenvalue weighted by molar-refractivity contribution is -0.137. The summed E-state index contributed by atoms with van der Waals surface area (Å²) in [5.41, 5.74) is 11.0. The molecule has 0 atom stereocenters. The number of nitrogen functional groups attached to an aromatic ring is 2. The van der Waals surface area contributed by atoms with Gasteiger partial charge in [0.2, 0.25) is 5.91 Å². The molecule has 0 unspecified atom stereocenters. The van der Waals surface area contributed by atoms with Crippen LogP contribution in [0, 0.1) is 0 Å². The van der Waals surface area contributed by atoms with Crippen molar-refractivity contribution in [3.8, 4) is 0 Å². The Morgan fingerprint density at radius 2 is 1.71 bits per heavy atom. The third kappa shape index (κ3) is 4.97. The first-order valence-electron chi connectivity index (χ1n) is 8.45. The van der Waals surface area contributed by atoms with Gasteiger partial charge < -0.3 is 21.3 Å². The molecule has 7 nitrogen and oxygen atoms in total. The molecule has 1 aromatic heterocycles. The largest absolute Gasteiger partial charge is 0.416 e. The molecule has 2 heterocycles. The zero-order chi connectivity index (χ0) is 20.3. The lowest BCUT2D eigenvalue weighted by Crippen LogP contribution is -2.49. The molecule has 1 fully saturated rings. The van der Waals surface area contributed by atoms with Gasteiger partial charge in [-0.3, -0.25) is 4.79 Å². The van der Waals surface area contributed by atoms with Gasteiger partial charge in [0, 0.05) is 37.9 Å². The molecule has 0 aliphatic carbocycles. The first kappa shape index (κ1) is 20.1. The molecule has 0 spiro atoms. The number of hydrogen-bond acceptors (Lipinski definition) is 7. The van der Waals surface area contributed by atoms with Crippen LogP contribution >= 0.6 is 11.8 Å². The Morgan fingerprint density at radius 3 is 2.32 bits per heavy atom. The van der Waals surface area contributed by atoms with Crippen LogP contribution in [-0.2, 0) is 11.0 Å². The number of rotatable bonds is 4. The van der Waals surface area contributed by atoms with Crippen LogP contribution in [0.4, 0.5) is 30.5 Å². The van der Waals surface area contributed by atoms with Gasteiger partial charge >= 0.3 is 6.18 Å². The van der Waals surface area contributed by atoms with Crippen LogP contribution in [-0.4, -0.2) is 52.7 Å². The van der Waals surface area contributed by atoms with Gasteiger partial charge in [-0.2, -0.15) is 13.2 Å². The Kier molecular flexibility index (Phi) is 5.82. The molecule has 11 heteroatoms. The molecule has 28 heavy (non-hydrogen) atoms. The zero-order valence-corrected chi connectivity index (χ0v) is 15.6. The van der Waals surface area contributed by atoms with E-state index in [0.29, 0.717) is 37.0 Å². The van der Waals surface area contributed by atoms with E-state index >= 15 is 0 Å². The van der Waals surface area contributed by atoms with Gasteiger partial charge in [-0.05, 0) is 18.2 Å². The summed E-state index contributed by atoms with van der Waals surface area (Å²) in [5.74, 6) is 0.500. The standard InChI is InChI=1S/C17H19F3N6OS/c18-17(19,20)11-2-1-3-12(8-11)25-4-6-26(7-5-25)15(27)10-28-16-23-13(21)9-14(22)24-16/h1-3,8-9H,4-7,10H2,(H4,21,22,23,24). The van der Waals surface area contributed by atoms with Crippen LogP contribution in [0.2, 0.25) is 0 Å². The van der Waals surface area contributed by atoms with Crippen molar-refractivity contribution in [3.63, 3.8) is 0 Å². The summed E-state index contributed by atoms with van der Waals surface area (Å²) in [6.07, 6.45) is -4.38. The molecule has 2 aromatic rings. The van der Waals surface area contributed by atoms with Crippen molar-refractivity contribution in [1.82, 2.24) is 14.9 Å².